The maximum absolute atomic E-state index is 13.8. The van der Waals surface area contributed by atoms with E-state index in [4.69, 9.17) is 11.6 Å². The minimum atomic E-state index is -3.96. The molecule has 0 unspecified atom stereocenters. The lowest BCUT2D eigenvalue weighted by molar-refractivity contribution is -0.116. The van der Waals surface area contributed by atoms with Gasteiger partial charge in [-0.1, -0.05) is 30.9 Å². The molecule has 2 aromatic carbocycles. The van der Waals surface area contributed by atoms with E-state index in [0.29, 0.717) is 23.9 Å². The monoisotopic (exact) mass is 442 g/mol. The third-order valence-electron chi connectivity index (χ3n) is 4.91. The minimum absolute atomic E-state index is 0.0354. The highest BCUT2D eigenvalue weighted by Crippen LogP contribution is 2.28. The van der Waals surface area contributed by atoms with Crippen LogP contribution >= 0.6 is 11.6 Å². The summed E-state index contributed by atoms with van der Waals surface area (Å²) in [6.45, 7) is -0.466. The van der Waals surface area contributed by atoms with Gasteiger partial charge in [0.2, 0.25) is 15.9 Å². The van der Waals surface area contributed by atoms with E-state index in [9.17, 15) is 22.0 Å². The lowest BCUT2D eigenvalue weighted by Crippen LogP contribution is -2.45. The van der Waals surface area contributed by atoms with Crippen LogP contribution < -0.4 is 5.32 Å². The van der Waals surface area contributed by atoms with Gasteiger partial charge < -0.3 is 5.32 Å². The molecule has 0 aromatic heterocycles. The SMILES string of the molecule is O=C(CN(C1CCCCC1)S(=O)(=O)c1ccc(Cl)cc1)Nc1ccc(F)cc1F. The van der Waals surface area contributed by atoms with Gasteiger partial charge in [0, 0.05) is 17.1 Å². The van der Waals surface area contributed by atoms with Crippen molar-refractivity contribution in [3.63, 3.8) is 0 Å². The molecule has 1 saturated carbocycles. The molecule has 1 aliphatic rings. The third kappa shape index (κ3) is 5.32. The van der Waals surface area contributed by atoms with Gasteiger partial charge in [-0.15, -0.1) is 0 Å². The molecule has 29 heavy (non-hydrogen) atoms. The molecule has 9 heteroatoms. The van der Waals surface area contributed by atoms with E-state index in [1.807, 2.05) is 0 Å². The number of halogens is 3. The van der Waals surface area contributed by atoms with Crippen molar-refractivity contribution in [2.75, 3.05) is 11.9 Å². The number of anilines is 1. The van der Waals surface area contributed by atoms with Crippen molar-refractivity contribution >= 4 is 33.2 Å². The first-order valence-electron chi connectivity index (χ1n) is 9.29. The fraction of sp³-hybridized carbons (Fsp3) is 0.350. The first-order chi connectivity index (χ1) is 13.8. The van der Waals surface area contributed by atoms with E-state index in [1.54, 1.807) is 0 Å². The zero-order valence-electron chi connectivity index (χ0n) is 15.6. The highest BCUT2D eigenvalue weighted by atomic mass is 35.5. The number of hydrogen-bond donors (Lipinski definition) is 1. The third-order valence-corrected chi connectivity index (χ3v) is 7.07. The standard InChI is InChI=1S/C20H21ClF2N2O3S/c21-14-6-9-17(10-7-14)29(27,28)25(16-4-2-1-3-5-16)13-20(26)24-19-11-8-15(22)12-18(19)23/h6-12,16H,1-5,13H2,(H,24,26). The average molecular weight is 443 g/mol. The molecule has 2 aromatic rings. The van der Waals surface area contributed by atoms with E-state index in [-0.39, 0.29) is 16.6 Å². The Hall–Kier alpha value is -2.03. The Labute approximate surface area is 173 Å². The van der Waals surface area contributed by atoms with Crippen LogP contribution in [0.25, 0.3) is 0 Å². The minimum Gasteiger partial charge on any atom is -0.322 e. The number of nitrogens with one attached hydrogen (secondary N) is 1. The highest BCUT2D eigenvalue weighted by molar-refractivity contribution is 7.89. The summed E-state index contributed by atoms with van der Waals surface area (Å²) >= 11 is 5.86. The molecule has 156 valence electrons. The van der Waals surface area contributed by atoms with Gasteiger partial charge in [-0.2, -0.15) is 4.31 Å². The molecular weight excluding hydrogens is 422 g/mol. The van der Waals surface area contributed by atoms with E-state index in [0.717, 1.165) is 31.4 Å². The molecule has 0 saturated heterocycles. The van der Waals surface area contributed by atoms with Gasteiger partial charge in [0.15, 0.2) is 0 Å². The zero-order chi connectivity index (χ0) is 21.0. The number of amides is 1. The lowest BCUT2D eigenvalue weighted by Gasteiger charge is -2.33. The van der Waals surface area contributed by atoms with E-state index >= 15 is 0 Å². The van der Waals surface area contributed by atoms with E-state index in [1.165, 1.54) is 28.6 Å². The van der Waals surface area contributed by atoms with Gasteiger partial charge in [-0.05, 0) is 49.2 Å². The first kappa shape index (κ1) is 21.7. The summed E-state index contributed by atoms with van der Waals surface area (Å²) in [5.74, 6) is -2.39. The number of hydrogen-bond acceptors (Lipinski definition) is 3. The molecule has 1 amide bonds. The van der Waals surface area contributed by atoms with Gasteiger partial charge >= 0.3 is 0 Å². The summed E-state index contributed by atoms with van der Waals surface area (Å²) in [5, 5.41) is 2.73. The number of carbonyl (C=O) groups excluding carboxylic acids is 1. The van der Waals surface area contributed by atoms with Crippen LogP contribution in [0.5, 0.6) is 0 Å². The first-order valence-corrected chi connectivity index (χ1v) is 11.1. The average Bonchev–Trinajstić information content (AvgIpc) is 2.69. The van der Waals surface area contributed by atoms with Crippen LogP contribution in [-0.2, 0) is 14.8 Å². The van der Waals surface area contributed by atoms with Crippen LogP contribution in [0, 0.1) is 11.6 Å². The van der Waals surface area contributed by atoms with E-state index in [2.05, 4.69) is 5.32 Å². The van der Waals surface area contributed by atoms with Crippen LogP contribution in [0.4, 0.5) is 14.5 Å². The predicted octanol–water partition coefficient (Wildman–Crippen LogP) is 4.58. The Kier molecular flexibility index (Phi) is 6.87. The van der Waals surface area contributed by atoms with Crippen molar-refractivity contribution < 1.29 is 22.0 Å². The summed E-state index contributed by atoms with van der Waals surface area (Å²) in [6.07, 6.45) is 4.03. The lowest BCUT2D eigenvalue weighted by atomic mass is 9.95. The second kappa shape index (κ2) is 9.19. The second-order valence-electron chi connectivity index (χ2n) is 6.97. The topological polar surface area (TPSA) is 66.5 Å². The van der Waals surface area contributed by atoms with Crippen molar-refractivity contribution in [2.45, 2.75) is 43.0 Å². The largest absolute Gasteiger partial charge is 0.322 e. The van der Waals surface area contributed by atoms with Gasteiger partial charge in [0.05, 0.1) is 17.1 Å². The number of nitrogens with zero attached hydrogens (tertiary/aromatic N) is 1. The Morgan fingerprint density at radius 3 is 2.34 bits per heavy atom. The molecule has 0 spiro atoms. The fourth-order valence-electron chi connectivity index (χ4n) is 3.44. The molecule has 0 bridgehead atoms. The smallest absolute Gasteiger partial charge is 0.243 e. The van der Waals surface area contributed by atoms with E-state index < -0.39 is 34.1 Å². The Morgan fingerprint density at radius 2 is 1.72 bits per heavy atom. The number of carbonyl (C=O) groups is 1. The molecule has 0 atom stereocenters. The zero-order valence-corrected chi connectivity index (χ0v) is 17.1. The summed E-state index contributed by atoms with van der Waals surface area (Å²) in [5.41, 5.74) is -0.205. The van der Waals surface area contributed by atoms with Crippen molar-refractivity contribution in [1.82, 2.24) is 4.31 Å². The molecule has 0 aliphatic heterocycles. The van der Waals surface area contributed by atoms with Crippen LogP contribution in [0.1, 0.15) is 32.1 Å². The maximum Gasteiger partial charge on any atom is 0.243 e. The number of rotatable bonds is 6. The van der Waals surface area contributed by atoms with Crippen LogP contribution in [0.2, 0.25) is 5.02 Å². The molecular formula is C20H21ClF2N2O3S. The Balaban J connectivity index is 1.85. The Morgan fingerprint density at radius 1 is 1.07 bits per heavy atom. The molecule has 1 N–H and O–H groups in total. The quantitative estimate of drug-likeness (QED) is 0.712. The van der Waals surface area contributed by atoms with Gasteiger partial charge in [-0.25, -0.2) is 17.2 Å². The molecule has 0 heterocycles. The maximum atomic E-state index is 13.8. The molecule has 1 aliphatic carbocycles. The van der Waals surface area contributed by atoms with Gasteiger partial charge in [0.1, 0.15) is 11.6 Å². The predicted molar refractivity (Wildman–Crippen MR) is 107 cm³/mol. The summed E-state index contributed by atoms with van der Waals surface area (Å²) < 4.78 is 54.5. The summed E-state index contributed by atoms with van der Waals surface area (Å²) in [7, 11) is -3.96. The van der Waals surface area contributed by atoms with Crippen molar-refractivity contribution in [2.24, 2.45) is 0 Å². The fourth-order valence-corrected chi connectivity index (χ4v) is 5.21. The Bertz CT molecular complexity index is 978. The normalized spacial score (nSPS) is 15.4. The second-order valence-corrected chi connectivity index (χ2v) is 9.30. The van der Waals surface area contributed by atoms with Crippen molar-refractivity contribution in [3.05, 3.63) is 59.1 Å². The van der Waals surface area contributed by atoms with Gasteiger partial charge in [0.25, 0.3) is 0 Å². The van der Waals surface area contributed by atoms with Crippen molar-refractivity contribution in [3.8, 4) is 0 Å². The number of sulfonamides is 1. The number of benzene rings is 2. The van der Waals surface area contributed by atoms with Crippen molar-refractivity contribution in [1.29, 1.82) is 0 Å². The summed E-state index contributed by atoms with van der Waals surface area (Å²) in [6, 6.07) is 8.18. The van der Waals surface area contributed by atoms with Crippen LogP contribution in [0.15, 0.2) is 47.4 Å². The molecule has 3 rings (SSSR count). The molecule has 5 nitrogen and oxygen atoms in total. The van der Waals surface area contributed by atoms with Crippen LogP contribution in [-0.4, -0.2) is 31.2 Å². The van der Waals surface area contributed by atoms with Crippen LogP contribution in [0.3, 0.4) is 0 Å². The van der Waals surface area contributed by atoms with Gasteiger partial charge in [-0.3, -0.25) is 4.79 Å². The molecule has 1 fully saturated rings. The highest BCUT2D eigenvalue weighted by Gasteiger charge is 2.34. The summed E-state index contributed by atoms with van der Waals surface area (Å²) in [4.78, 5) is 12.6. The molecule has 0 radical (unpaired) electrons.